The predicted octanol–water partition coefficient (Wildman–Crippen LogP) is 1.72. The summed E-state index contributed by atoms with van der Waals surface area (Å²) >= 11 is 1.71. The summed E-state index contributed by atoms with van der Waals surface area (Å²) in [5, 5.41) is 14.1. The Kier molecular flexibility index (Phi) is 3.97. The molecule has 1 aromatic rings. The molecule has 1 fully saturated rings. The van der Waals surface area contributed by atoms with Gasteiger partial charge in [-0.05, 0) is 36.2 Å². The van der Waals surface area contributed by atoms with Crippen molar-refractivity contribution >= 4 is 11.3 Å². The van der Waals surface area contributed by atoms with Crippen molar-refractivity contribution in [2.24, 2.45) is 0 Å². The summed E-state index contributed by atoms with van der Waals surface area (Å²) in [6, 6.07) is 2.13. The zero-order chi connectivity index (χ0) is 11.5. The van der Waals surface area contributed by atoms with E-state index in [1.807, 2.05) is 13.8 Å². The van der Waals surface area contributed by atoms with Crippen LogP contribution < -0.4 is 0 Å². The number of likely N-dealkylation sites (tertiary alicyclic amines) is 1. The SMILES string of the molecule is CC(C)O[C@H]1CN(Cc2ccsc2)C[C@@H]1O. The summed E-state index contributed by atoms with van der Waals surface area (Å²) in [6.07, 6.45) is -0.194. The van der Waals surface area contributed by atoms with E-state index in [-0.39, 0.29) is 18.3 Å². The highest BCUT2D eigenvalue weighted by Gasteiger charge is 2.32. The second kappa shape index (κ2) is 5.27. The van der Waals surface area contributed by atoms with Crippen LogP contribution in [0.3, 0.4) is 0 Å². The Morgan fingerprint density at radius 2 is 2.38 bits per heavy atom. The first-order valence-electron chi connectivity index (χ1n) is 5.72. The van der Waals surface area contributed by atoms with Gasteiger partial charge in [0, 0.05) is 19.6 Å². The number of hydrogen-bond donors (Lipinski definition) is 1. The fraction of sp³-hybridized carbons (Fsp3) is 0.667. The number of nitrogens with zero attached hydrogens (tertiary/aromatic N) is 1. The van der Waals surface area contributed by atoms with Crippen molar-refractivity contribution in [2.45, 2.75) is 38.7 Å². The molecule has 0 radical (unpaired) electrons. The van der Waals surface area contributed by atoms with E-state index in [1.165, 1.54) is 5.56 Å². The first-order valence-corrected chi connectivity index (χ1v) is 6.66. The van der Waals surface area contributed by atoms with Crippen molar-refractivity contribution in [3.05, 3.63) is 22.4 Å². The van der Waals surface area contributed by atoms with Gasteiger partial charge >= 0.3 is 0 Å². The molecule has 1 aliphatic rings. The zero-order valence-corrected chi connectivity index (χ0v) is 10.6. The molecular formula is C12H19NO2S. The monoisotopic (exact) mass is 241 g/mol. The Bertz CT molecular complexity index is 313. The van der Waals surface area contributed by atoms with E-state index in [4.69, 9.17) is 4.74 Å². The van der Waals surface area contributed by atoms with Crippen molar-refractivity contribution in [1.82, 2.24) is 4.90 Å². The fourth-order valence-corrected chi connectivity index (χ4v) is 2.75. The van der Waals surface area contributed by atoms with Crippen molar-refractivity contribution in [3.63, 3.8) is 0 Å². The second-order valence-corrected chi connectivity index (χ2v) is 5.40. The average molecular weight is 241 g/mol. The molecule has 1 aromatic heterocycles. The van der Waals surface area contributed by atoms with Gasteiger partial charge in [-0.1, -0.05) is 0 Å². The minimum Gasteiger partial charge on any atom is -0.389 e. The van der Waals surface area contributed by atoms with Gasteiger partial charge in [-0.15, -0.1) is 0 Å². The lowest BCUT2D eigenvalue weighted by atomic mass is 10.2. The number of aliphatic hydroxyl groups excluding tert-OH is 1. The highest BCUT2D eigenvalue weighted by atomic mass is 32.1. The van der Waals surface area contributed by atoms with E-state index in [9.17, 15) is 5.11 Å². The quantitative estimate of drug-likeness (QED) is 0.871. The summed E-state index contributed by atoms with van der Waals surface area (Å²) in [5.41, 5.74) is 1.32. The Labute approximate surface area is 101 Å². The van der Waals surface area contributed by atoms with Crippen LogP contribution in [0.5, 0.6) is 0 Å². The average Bonchev–Trinajstić information content (AvgIpc) is 2.78. The van der Waals surface area contributed by atoms with E-state index in [0.29, 0.717) is 6.54 Å². The third kappa shape index (κ3) is 3.04. The molecule has 0 bridgehead atoms. The van der Waals surface area contributed by atoms with Crippen LogP contribution in [0.25, 0.3) is 0 Å². The van der Waals surface area contributed by atoms with Crippen molar-refractivity contribution in [2.75, 3.05) is 13.1 Å². The number of thiophene rings is 1. The topological polar surface area (TPSA) is 32.7 Å². The highest BCUT2D eigenvalue weighted by molar-refractivity contribution is 7.07. The molecule has 0 spiro atoms. The molecule has 1 saturated heterocycles. The van der Waals surface area contributed by atoms with E-state index in [0.717, 1.165) is 13.1 Å². The Balaban J connectivity index is 1.86. The molecule has 2 heterocycles. The minimum atomic E-state index is -0.346. The van der Waals surface area contributed by atoms with E-state index < -0.39 is 0 Å². The lowest BCUT2D eigenvalue weighted by Gasteiger charge is -2.18. The molecule has 16 heavy (non-hydrogen) atoms. The van der Waals surface area contributed by atoms with E-state index in [2.05, 4.69) is 21.7 Å². The maximum atomic E-state index is 9.87. The van der Waals surface area contributed by atoms with Crippen LogP contribution in [0, 0.1) is 0 Å². The van der Waals surface area contributed by atoms with Crippen LogP contribution in [-0.2, 0) is 11.3 Å². The molecule has 0 aliphatic carbocycles. The third-order valence-corrected chi connectivity index (χ3v) is 3.48. The number of ether oxygens (including phenoxy) is 1. The van der Waals surface area contributed by atoms with Gasteiger partial charge in [0.15, 0.2) is 0 Å². The standard InChI is InChI=1S/C12H19NO2S/c1-9(2)15-12-7-13(6-11(12)14)5-10-3-4-16-8-10/h3-4,8-9,11-12,14H,5-7H2,1-2H3/t11-,12-/m0/s1. The van der Waals surface area contributed by atoms with Crippen LogP contribution >= 0.6 is 11.3 Å². The molecule has 1 N–H and O–H groups in total. The molecule has 1 aliphatic heterocycles. The number of hydrogen-bond acceptors (Lipinski definition) is 4. The van der Waals surface area contributed by atoms with Gasteiger partial charge in [0.2, 0.25) is 0 Å². The molecule has 3 nitrogen and oxygen atoms in total. The van der Waals surface area contributed by atoms with Crippen LogP contribution in [0.2, 0.25) is 0 Å². The summed E-state index contributed by atoms with van der Waals surface area (Å²) in [7, 11) is 0. The maximum Gasteiger partial charge on any atom is 0.0976 e. The Morgan fingerprint density at radius 1 is 1.56 bits per heavy atom. The van der Waals surface area contributed by atoms with Crippen molar-refractivity contribution in [3.8, 4) is 0 Å². The van der Waals surface area contributed by atoms with Gasteiger partial charge in [-0.2, -0.15) is 11.3 Å². The largest absolute Gasteiger partial charge is 0.389 e. The number of aliphatic hydroxyl groups is 1. The smallest absolute Gasteiger partial charge is 0.0976 e. The molecule has 0 aromatic carbocycles. The normalized spacial score (nSPS) is 26.8. The fourth-order valence-electron chi connectivity index (χ4n) is 2.09. The van der Waals surface area contributed by atoms with Gasteiger partial charge in [0.05, 0.1) is 18.3 Å². The molecule has 90 valence electrons. The molecule has 0 unspecified atom stereocenters. The number of rotatable bonds is 4. The third-order valence-electron chi connectivity index (χ3n) is 2.75. The summed E-state index contributed by atoms with van der Waals surface area (Å²) in [4.78, 5) is 2.25. The Morgan fingerprint density at radius 3 is 3.00 bits per heavy atom. The van der Waals surface area contributed by atoms with Crippen LogP contribution in [-0.4, -0.2) is 41.4 Å². The molecule has 2 atom stereocenters. The molecule has 2 rings (SSSR count). The summed E-state index contributed by atoms with van der Waals surface area (Å²) in [6.45, 7) is 6.48. The van der Waals surface area contributed by atoms with Gasteiger partial charge in [-0.25, -0.2) is 0 Å². The zero-order valence-electron chi connectivity index (χ0n) is 9.80. The maximum absolute atomic E-state index is 9.87. The lowest BCUT2D eigenvalue weighted by molar-refractivity contribution is -0.0396. The first kappa shape index (κ1) is 12.0. The van der Waals surface area contributed by atoms with Gasteiger partial charge in [0.25, 0.3) is 0 Å². The second-order valence-electron chi connectivity index (χ2n) is 4.62. The van der Waals surface area contributed by atoms with Crippen LogP contribution in [0.4, 0.5) is 0 Å². The van der Waals surface area contributed by atoms with Gasteiger partial charge in [0.1, 0.15) is 0 Å². The summed E-state index contributed by atoms with van der Waals surface area (Å²) in [5.74, 6) is 0. The van der Waals surface area contributed by atoms with Crippen molar-refractivity contribution < 1.29 is 9.84 Å². The van der Waals surface area contributed by atoms with Crippen LogP contribution in [0.15, 0.2) is 16.8 Å². The molecule has 0 amide bonds. The molecule has 0 saturated carbocycles. The van der Waals surface area contributed by atoms with Gasteiger partial charge < -0.3 is 9.84 Å². The molecular weight excluding hydrogens is 222 g/mol. The first-order chi connectivity index (χ1) is 7.65. The Hall–Kier alpha value is -0.420. The van der Waals surface area contributed by atoms with Crippen LogP contribution in [0.1, 0.15) is 19.4 Å². The van der Waals surface area contributed by atoms with Gasteiger partial charge in [-0.3, -0.25) is 4.90 Å². The minimum absolute atomic E-state index is 0.0290. The van der Waals surface area contributed by atoms with E-state index in [1.54, 1.807) is 11.3 Å². The predicted molar refractivity (Wildman–Crippen MR) is 65.6 cm³/mol. The van der Waals surface area contributed by atoms with Crippen molar-refractivity contribution in [1.29, 1.82) is 0 Å². The van der Waals surface area contributed by atoms with E-state index >= 15 is 0 Å². The molecule has 4 heteroatoms. The highest BCUT2D eigenvalue weighted by Crippen LogP contribution is 2.18. The lowest BCUT2D eigenvalue weighted by Crippen LogP contribution is -2.29. The summed E-state index contributed by atoms with van der Waals surface area (Å²) < 4.78 is 5.68. The number of β-amino-alcohol motifs (C(OH)–C–C–N with tert-alkyl or cyclic N) is 1.